The fourth-order valence-electron chi connectivity index (χ4n) is 7.20. The maximum Gasteiger partial charge on any atom is 0.153 e. The van der Waals surface area contributed by atoms with E-state index in [-0.39, 0.29) is 0 Å². The van der Waals surface area contributed by atoms with Crippen LogP contribution in [0.15, 0.2) is 174 Å². The van der Waals surface area contributed by atoms with Crippen molar-refractivity contribution in [3.05, 3.63) is 170 Å². The topological polar surface area (TPSA) is 29.3 Å². The number of hydrogen-bond donors (Lipinski definition) is 0. The second-order valence-electron chi connectivity index (χ2n) is 12.4. The summed E-state index contributed by atoms with van der Waals surface area (Å²) in [5.74, 6) is 0. The number of aromatic nitrogens is 1. The molecule has 3 aromatic heterocycles. The van der Waals surface area contributed by atoms with E-state index >= 15 is 0 Å². The molecular formula is C45H28N2OS. The van der Waals surface area contributed by atoms with Crippen LogP contribution in [0, 0.1) is 0 Å². The normalized spacial score (nSPS) is 11.7. The van der Waals surface area contributed by atoms with E-state index in [4.69, 9.17) is 4.42 Å². The lowest BCUT2D eigenvalue weighted by atomic mass is 9.98. The third-order valence-corrected chi connectivity index (χ3v) is 10.7. The molecule has 0 N–H and O–H groups in total. The molecule has 0 aliphatic carbocycles. The van der Waals surface area contributed by atoms with Crippen molar-refractivity contribution >= 4 is 81.4 Å². The molecule has 0 saturated heterocycles. The predicted molar refractivity (Wildman–Crippen MR) is 207 cm³/mol. The number of para-hydroxylation sites is 1. The van der Waals surface area contributed by atoms with E-state index in [2.05, 4.69) is 155 Å². The molecule has 0 unspecified atom stereocenters. The largest absolute Gasteiger partial charge is 0.454 e. The van der Waals surface area contributed by atoms with Crippen LogP contribution in [-0.2, 0) is 0 Å². The zero-order valence-corrected chi connectivity index (χ0v) is 27.2. The van der Waals surface area contributed by atoms with E-state index in [1.54, 1.807) is 0 Å². The van der Waals surface area contributed by atoms with Crippen LogP contribution < -0.4 is 4.90 Å². The lowest BCUT2D eigenvalue weighted by Gasteiger charge is -2.28. The van der Waals surface area contributed by atoms with Gasteiger partial charge in [0.1, 0.15) is 11.1 Å². The van der Waals surface area contributed by atoms with Crippen LogP contribution in [0.3, 0.4) is 0 Å². The van der Waals surface area contributed by atoms with E-state index in [1.165, 1.54) is 36.7 Å². The first kappa shape index (κ1) is 27.8. The van der Waals surface area contributed by atoms with E-state index in [0.29, 0.717) is 0 Å². The third-order valence-electron chi connectivity index (χ3n) is 9.52. The summed E-state index contributed by atoms with van der Waals surface area (Å²) in [5.41, 5.74) is 10.6. The van der Waals surface area contributed by atoms with Gasteiger partial charge in [0.15, 0.2) is 5.58 Å². The Labute approximate surface area is 286 Å². The molecule has 10 aromatic rings. The SMILES string of the molecule is c1ccc(-c2ccccc2N(c2ccc(-c3ccc4ccc5oc6cccnc6c5c4c3)cc2)c2ccc3c(c2)sc2ccccc23)cc1. The molecule has 0 aliphatic heterocycles. The molecule has 0 aliphatic rings. The Morgan fingerprint density at radius 1 is 0.490 bits per heavy atom. The summed E-state index contributed by atoms with van der Waals surface area (Å²) in [7, 11) is 0. The Morgan fingerprint density at radius 3 is 2.16 bits per heavy atom. The molecule has 0 radical (unpaired) electrons. The van der Waals surface area contributed by atoms with Crippen LogP contribution in [-0.4, -0.2) is 4.98 Å². The number of fused-ring (bicyclic) bond motifs is 8. The molecule has 0 bridgehead atoms. The number of pyridine rings is 1. The molecule has 0 atom stereocenters. The van der Waals surface area contributed by atoms with Crippen molar-refractivity contribution in [3.8, 4) is 22.3 Å². The van der Waals surface area contributed by atoms with Crippen molar-refractivity contribution in [3.63, 3.8) is 0 Å². The fraction of sp³-hybridized carbons (Fsp3) is 0. The smallest absolute Gasteiger partial charge is 0.153 e. The second kappa shape index (κ2) is 11.2. The first-order valence-corrected chi connectivity index (χ1v) is 17.3. The standard InChI is InChI=1S/C45H28N2OS/c1-2-9-30(10-3-1)35-11-4-6-13-39(35)47(34-23-24-37-36-12-5-7-15-42(36)49-43(37)28-34)33-21-18-29(19-22-33)32-17-16-31-20-25-40-44(38(31)27-32)45-41(48-40)14-8-26-46-45/h1-28H. The summed E-state index contributed by atoms with van der Waals surface area (Å²) in [6.07, 6.45) is 1.83. The quantitative estimate of drug-likeness (QED) is 0.187. The van der Waals surface area contributed by atoms with E-state index in [0.717, 1.165) is 55.6 Å². The van der Waals surface area contributed by atoms with Crippen molar-refractivity contribution in [1.82, 2.24) is 4.98 Å². The molecule has 0 fully saturated rings. The van der Waals surface area contributed by atoms with Gasteiger partial charge in [-0.2, -0.15) is 0 Å². The van der Waals surface area contributed by atoms with Gasteiger partial charge >= 0.3 is 0 Å². The molecule has 3 nitrogen and oxygen atoms in total. The van der Waals surface area contributed by atoms with Crippen molar-refractivity contribution < 1.29 is 4.42 Å². The average Bonchev–Trinajstić information content (AvgIpc) is 3.74. The number of rotatable bonds is 5. The van der Waals surface area contributed by atoms with Gasteiger partial charge < -0.3 is 9.32 Å². The first-order chi connectivity index (χ1) is 24.3. The molecule has 7 aromatic carbocycles. The highest BCUT2D eigenvalue weighted by Gasteiger charge is 2.19. The van der Waals surface area contributed by atoms with Gasteiger partial charge in [-0.1, -0.05) is 103 Å². The van der Waals surface area contributed by atoms with Crippen LogP contribution in [0.4, 0.5) is 17.1 Å². The summed E-state index contributed by atoms with van der Waals surface area (Å²) in [6, 6.07) is 58.6. The Morgan fingerprint density at radius 2 is 1.24 bits per heavy atom. The summed E-state index contributed by atoms with van der Waals surface area (Å²) in [4.78, 5) is 7.06. The predicted octanol–water partition coefficient (Wildman–Crippen LogP) is 13.3. The molecule has 3 heterocycles. The summed E-state index contributed by atoms with van der Waals surface area (Å²) < 4.78 is 8.74. The van der Waals surface area contributed by atoms with E-state index in [9.17, 15) is 0 Å². The number of nitrogens with zero attached hydrogens (tertiary/aromatic N) is 2. The van der Waals surface area contributed by atoms with Gasteiger partial charge in [0.2, 0.25) is 0 Å². The Bertz CT molecular complexity index is 2830. The lowest BCUT2D eigenvalue weighted by Crippen LogP contribution is -2.11. The number of hydrogen-bond acceptors (Lipinski definition) is 4. The third kappa shape index (κ3) is 4.61. The monoisotopic (exact) mass is 644 g/mol. The highest BCUT2D eigenvalue weighted by atomic mass is 32.1. The van der Waals surface area contributed by atoms with Gasteiger partial charge in [0, 0.05) is 43.3 Å². The summed E-state index contributed by atoms with van der Waals surface area (Å²) in [5, 5.41) is 5.98. The molecule has 10 rings (SSSR count). The van der Waals surface area contributed by atoms with Crippen LogP contribution >= 0.6 is 11.3 Å². The van der Waals surface area contributed by atoms with Gasteiger partial charge in [0.05, 0.1) is 11.1 Å². The Balaban J connectivity index is 1.12. The summed E-state index contributed by atoms with van der Waals surface area (Å²) >= 11 is 1.85. The second-order valence-corrected chi connectivity index (χ2v) is 13.5. The number of thiophene rings is 1. The number of benzene rings is 7. The lowest BCUT2D eigenvalue weighted by molar-refractivity contribution is 0.668. The number of furan rings is 1. The number of anilines is 3. The van der Waals surface area contributed by atoms with Crippen molar-refractivity contribution in [2.24, 2.45) is 0 Å². The van der Waals surface area contributed by atoms with Crippen molar-refractivity contribution in [1.29, 1.82) is 0 Å². The van der Waals surface area contributed by atoms with Gasteiger partial charge in [-0.15, -0.1) is 11.3 Å². The van der Waals surface area contributed by atoms with Crippen LogP contribution in [0.5, 0.6) is 0 Å². The van der Waals surface area contributed by atoms with Crippen LogP contribution in [0.2, 0.25) is 0 Å². The van der Waals surface area contributed by atoms with Crippen molar-refractivity contribution in [2.45, 2.75) is 0 Å². The maximum absolute atomic E-state index is 6.15. The molecular weight excluding hydrogens is 617 g/mol. The first-order valence-electron chi connectivity index (χ1n) is 16.4. The Kier molecular flexibility index (Phi) is 6.36. The summed E-state index contributed by atoms with van der Waals surface area (Å²) in [6.45, 7) is 0. The van der Waals surface area contributed by atoms with E-state index in [1.807, 2.05) is 35.7 Å². The van der Waals surface area contributed by atoms with Crippen molar-refractivity contribution in [2.75, 3.05) is 4.90 Å². The van der Waals surface area contributed by atoms with Crippen LogP contribution in [0.25, 0.3) is 75.3 Å². The fourth-order valence-corrected chi connectivity index (χ4v) is 8.34. The minimum atomic E-state index is 0.810. The van der Waals surface area contributed by atoms with Gasteiger partial charge in [-0.05, 0) is 88.1 Å². The molecule has 0 spiro atoms. The average molecular weight is 645 g/mol. The van der Waals surface area contributed by atoms with Crippen LogP contribution in [0.1, 0.15) is 0 Å². The van der Waals surface area contributed by atoms with E-state index < -0.39 is 0 Å². The zero-order valence-electron chi connectivity index (χ0n) is 26.4. The maximum atomic E-state index is 6.15. The highest BCUT2D eigenvalue weighted by molar-refractivity contribution is 7.25. The molecule has 4 heteroatoms. The minimum Gasteiger partial charge on any atom is -0.454 e. The molecule has 230 valence electrons. The molecule has 0 amide bonds. The van der Waals surface area contributed by atoms with Gasteiger partial charge in [-0.25, -0.2) is 0 Å². The highest BCUT2D eigenvalue weighted by Crippen LogP contribution is 2.44. The molecule has 49 heavy (non-hydrogen) atoms. The minimum absolute atomic E-state index is 0.810. The molecule has 0 saturated carbocycles. The van der Waals surface area contributed by atoms with Gasteiger partial charge in [0.25, 0.3) is 0 Å². The van der Waals surface area contributed by atoms with Gasteiger partial charge in [-0.3, -0.25) is 4.98 Å². The Hall–Kier alpha value is -6.23. The zero-order chi connectivity index (χ0) is 32.3.